The van der Waals surface area contributed by atoms with Crippen LogP contribution in [0.1, 0.15) is 11.3 Å². The lowest BCUT2D eigenvalue weighted by Crippen LogP contribution is -2.01. The molecule has 0 saturated heterocycles. The van der Waals surface area contributed by atoms with E-state index in [0.29, 0.717) is 9.86 Å². The molecule has 5 heteroatoms. The first kappa shape index (κ1) is 10.5. The Bertz CT molecular complexity index is 513. The van der Waals surface area contributed by atoms with E-state index < -0.39 is 11.9 Å². The summed E-state index contributed by atoms with van der Waals surface area (Å²) >= 11 is 3.20. The molecule has 0 fully saturated rings. The summed E-state index contributed by atoms with van der Waals surface area (Å²) in [5.74, 6) is -0.969. The predicted molar refractivity (Wildman–Crippen MR) is 53.7 cm³/mol. The van der Waals surface area contributed by atoms with Crippen LogP contribution < -0.4 is 0 Å². The maximum Gasteiger partial charge on any atom is 0.449 e. The summed E-state index contributed by atoms with van der Waals surface area (Å²) in [6.45, 7) is 1.79. The molecule has 2 rings (SSSR count). The van der Waals surface area contributed by atoms with Gasteiger partial charge in [0, 0.05) is 9.86 Å². The maximum absolute atomic E-state index is 12.3. The van der Waals surface area contributed by atoms with Crippen molar-refractivity contribution in [1.29, 1.82) is 0 Å². The molecule has 0 aliphatic rings. The van der Waals surface area contributed by atoms with E-state index in [9.17, 15) is 13.2 Å². The van der Waals surface area contributed by atoms with Gasteiger partial charge in [-0.25, -0.2) is 0 Å². The van der Waals surface area contributed by atoms with Crippen LogP contribution in [0.2, 0.25) is 0 Å². The van der Waals surface area contributed by atoms with E-state index in [2.05, 4.69) is 15.9 Å². The van der Waals surface area contributed by atoms with E-state index >= 15 is 0 Å². The molecule has 0 N–H and O–H groups in total. The number of benzene rings is 1. The first-order valence-electron chi connectivity index (χ1n) is 4.15. The van der Waals surface area contributed by atoms with Gasteiger partial charge < -0.3 is 4.42 Å². The maximum atomic E-state index is 12.3. The highest BCUT2D eigenvalue weighted by molar-refractivity contribution is 9.10. The van der Waals surface area contributed by atoms with Gasteiger partial charge in [-0.3, -0.25) is 0 Å². The number of rotatable bonds is 0. The second-order valence-corrected chi connectivity index (χ2v) is 4.12. The van der Waals surface area contributed by atoms with Crippen LogP contribution >= 0.6 is 15.9 Å². The first-order valence-corrected chi connectivity index (χ1v) is 4.94. The van der Waals surface area contributed by atoms with Crippen LogP contribution in [0.4, 0.5) is 13.2 Å². The van der Waals surface area contributed by atoms with E-state index in [1.165, 1.54) is 0 Å². The van der Waals surface area contributed by atoms with Gasteiger partial charge >= 0.3 is 6.18 Å². The fourth-order valence-electron chi connectivity index (χ4n) is 1.36. The molecule has 0 radical (unpaired) electrons. The SMILES string of the molecule is Cc1cc(Br)c2cc(C(F)(F)F)oc2c1. The lowest BCUT2D eigenvalue weighted by molar-refractivity contribution is -0.152. The third-order valence-corrected chi connectivity index (χ3v) is 2.67. The van der Waals surface area contributed by atoms with Crippen molar-refractivity contribution in [2.75, 3.05) is 0 Å². The van der Waals surface area contributed by atoms with E-state index in [4.69, 9.17) is 4.42 Å². The molecule has 0 amide bonds. The van der Waals surface area contributed by atoms with Gasteiger partial charge in [0.05, 0.1) is 0 Å². The zero-order valence-corrected chi connectivity index (χ0v) is 9.24. The van der Waals surface area contributed by atoms with Gasteiger partial charge in [-0.05, 0) is 30.7 Å². The van der Waals surface area contributed by atoms with Crippen molar-refractivity contribution < 1.29 is 17.6 Å². The highest BCUT2D eigenvalue weighted by Crippen LogP contribution is 2.36. The van der Waals surface area contributed by atoms with Crippen LogP contribution in [-0.4, -0.2) is 0 Å². The van der Waals surface area contributed by atoms with Gasteiger partial charge in [-0.15, -0.1) is 0 Å². The fraction of sp³-hybridized carbons (Fsp3) is 0.200. The van der Waals surface area contributed by atoms with Crippen LogP contribution in [-0.2, 0) is 6.18 Å². The van der Waals surface area contributed by atoms with Gasteiger partial charge in [-0.1, -0.05) is 15.9 Å². The molecule has 1 heterocycles. The molecule has 0 spiro atoms. The number of halogens is 4. The minimum absolute atomic E-state index is 0.245. The van der Waals surface area contributed by atoms with Gasteiger partial charge in [-0.2, -0.15) is 13.2 Å². The smallest absolute Gasteiger partial charge is 0.449 e. The summed E-state index contributed by atoms with van der Waals surface area (Å²) in [7, 11) is 0. The Morgan fingerprint density at radius 3 is 2.47 bits per heavy atom. The highest BCUT2D eigenvalue weighted by atomic mass is 79.9. The van der Waals surface area contributed by atoms with Crippen LogP contribution in [0.3, 0.4) is 0 Å². The summed E-state index contributed by atoms with van der Waals surface area (Å²) in [6, 6.07) is 4.33. The zero-order valence-electron chi connectivity index (χ0n) is 7.65. The quantitative estimate of drug-likeness (QED) is 0.690. The molecular weight excluding hydrogens is 273 g/mol. The minimum Gasteiger partial charge on any atom is -0.451 e. The van der Waals surface area contributed by atoms with Gasteiger partial charge in [0.1, 0.15) is 5.58 Å². The molecule has 80 valence electrons. The molecule has 0 aliphatic heterocycles. The number of furan rings is 1. The molecule has 2 aromatic rings. The molecule has 0 unspecified atom stereocenters. The number of aryl methyl sites for hydroxylation is 1. The standard InChI is InChI=1S/C10H6BrF3O/c1-5-2-7(11)6-4-9(10(12,13)14)15-8(6)3-5/h2-4H,1H3. The zero-order chi connectivity index (χ0) is 11.2. The molecule has 0 atom stereocenters. The Balaban J connectivity index is 2.71. The summed E-state index contributed by atoms with van der Waals surface area (Å²) in [4.78, 5) is 0. The Morgan fingerprint density at radius 2 is 1.87 bits per heavy atom. The van der Waals surface area contributed by atoms with Crippen molar-refractivity contribution >= 4 is 26.9 Å². The van der Waals surface area contributed by atoms with E-state index in [0.717, 1.165) is 11.6 Å². The number of hydrogen-bond donors (Lipinski definition) is 0. The lowest BCUT2D eigenvalue weighted by Gasteiger charge is -1.99. The van der Waals surface area contributed by atoms with Crippen LogP contribution in [0.5, 0.6) is 0 Å². The third kappa shape index (κ3) is 1.88. The van der Waals surface area contributed by atoms with Crippen molar-refractivity contribution in [3.8, 4) is 0 Å². The lowest BCUT2D eigenvalue weighted by atomic mass is 10.2. The van der Waals surface area contributed by atoms with E-state index in [1.54, 1.807) is 19.1 Å². The van der Waals surface area contributed by atoms with Crippen molar-refractivity contribution in [3.05, 3.63) is 34.0 Å². The second kappa shape index (κ2) is 3.27. The number of hydrogen-bond acceptors (Lipinski definition) is 1. The topological polar surface area (TPSA) is 13.1 Å². The molecule has 1 aromatic carbocycles. The van der Waals surface area contributed by atoms with Crippen LogP contribution in [0.25, 0.3) is 11.0 Å². The Labute approximate surface area is 92.0 Å². The summed E-state index contributed by atoms with van der Waals surface area (Å²) in [5, 5.41) is 0.438. The third-order valence-electron chi connectivity index (χ3n) is 2.01. The average Bonchev–Trinajstić information content (AvgIpc) is 2.46. The molecule has 0 aliphatic carbocycles. The van der Waals surface area contributed by atoms with Crippen molar-refractivity contribution in [2.45, 2.75) is 13.1 Å². The average molecular weight is 279 g/mol. The summed E-state index contributed by atoms with van der Waals surface area (Å²) < 4.78 is 42.4. The normalized spacial score (nSPS) is 12.3. The summed E-state index contributed by atoms with van der Waals surface area (Å²) in [6.07, 6.45) is -4.44. The minimum atomic E-state index is -4.44. The van der Waals surface area contributed by atoms with E-state index in [-0.39, 0.29) is 5.58 Å². The molecule has 1 nitrogen and oxygen atoms in total. The van der Waals surface area contributed by atoms with E-state index in [1.807, 2.05) is 0 Å². The molecular formula is C10H6BrF3O. The van der Waals surface area contributed by atoms with Gasteiger partial charge in [0.25, 0.3) is 0 Å². The second-order valence-electron chi connectivity index (χ2n) is 3.27. The molecule has 0 saturated carbocycles. The van der Waals surface area contributed by atoms with Crippen molar-refractivity contribution in [2.24, 2.45) is 0 Å². The largest absolute Gasteiger partial charge is 0.451 e. The van der Waals surface area contributed by atoms with Crippen LogP contribution in [0, 0.1) is 6.92 Å². The molecule has 1 aromatic heterocycles. The van der Waals surface area contributed by atoms with Gasteiger partial charge in [0.15, 0.2) is 0 Å². The Morgan fingerprint density at radius 1 is 1.20 bits per heavy atom. The van der Waals surface area contributed by atoms with Gasteiger partial charge in [0.2, 0.25) is 5.76 Å². The fourth-order valence-corrected chi connectivity index (χ4v) is 2.04. The number of alkyl halides is 3. The Kier molecular flexibility index (Phi) is 2.30. The molecule has 0 bridgehead atoms. The first-order chi connectivity index (χ1) is 6.88. The highest BCUT2D eigenvalue weighted by Gasteiger charge is 2.35. The Hall–Kier alpha value is -0.970. The van der Waals surface area contributed by atoms with Crippen molar-refractivity contribution in [1.82, 2.24) is 0 Å². The molecule has 15 heavy (non-hydrogen) atoms. The van der Waals surface area contributed by atoms with Crippen LogP contribution in [0.15, 0.2) is 27.1 Å². The van der Waals surface area contributed by atoms with Crippen molar-refractivity contribution in [3.63, 3.8) is 0 Å². The number of fused-ring (bicyclic) bond motifs is 1. The summed E-state index contributed by atoms with van der Waals surface area (Å²) in [5.41, 5.74) is 1.09. The monoisotopic (exact) mass is 278 g/mol. The predicted octanol–water partition coefficient (Wildman–Crippen LogP) is 4.52.